The van der Waals surface area contributed by atoms with E-state index >= 15 is 0 Å². The highest BCUT2D eigenvalue weighted by molar-refractivity contribution is 5.69. The van der Waals surface area contributed by atoms with Gasteiger partial charge in [0.2, 0.25) is 0 Å². The molecule has 0 bridgehead atoms. The van der Waals surface area contributed by atoms with Gasteiger partial charge in [0.15, 0.2) is 11.6 Å². The minimum Gasteiger partial charge on any atom is -0.382 e. The first-order valence-electron chi connectivity index (χ1n) is 4.20. The zero-order valence-corrected chi connectivity index (χ0v) is 7.61. The number of hydrogen-bond donors (Lipinski definition) is 1. The predicted molar refractivity (Wildman–Crippen MR) is 51.8 cm³/mol. The van der Waals surface area contributed by atoms with Crippen molar-refractivity contribution in [2.75, 3.05) is 5.73 Å². The molecule has 0 radical (unpaired) electrons. The zero-order valence-electron chi connectivity index (χ0n) is 7.61. The largest absolute Gasteiger partial charge is 0.382 e. The topological polar surface area (TPSA) is 51.8 Å². The Morgan fingerprint density at radius 3 is 2.40 bits per heavy atom. The van der Waals surface area contributed by atoms with E-state index in [1.165, 1.54) is 18.5 Å². The minimum atomic E-state index is -0.933. The molecular weight excluding hydrogens is 200 g/mol. The highest BCUT2D eigenvalue weighted by Gasteiger charge is 2.08. The maximum atomic E-state index is 12.9. The standard InChI is InChI=1S/C10H7F2N3/c11-7-2-1-6(5-8(7)12)9-10(13)15-4-3-14-9/h1-5H,(H2,13,15). The van der Waals surface area contributed by atoms with Crippen molar-refractivity contribution >= 4 is 5.82 Å². The van der Waals surface area contributed by atoms with Crippen LogP contribution in [0.1, 0.15) is 0 Å². The average molecular weight is 207 g/mol. The first-order valence-corrected chi connectivity index (χ1v) is 4.20. The molecule has 0 spiro atoms. The summed E-state index contributed by atoms with van der Waals surface area (Å²) >= 11 is 0. The predicted octanol–water partition coefficient (Wildman–Crippen LogP) is 2.00. The van der Waals surface area contributed by atoms with Crippen molar-refractivity contribution in [3.63, 3.8) is 0 Å². The fraction of sp³-hybridized carbons (Fsp3) is 0. The van der Waals surface area contributed by atoms with Crippen molar-refractivity contribution in [2.24, 2.45) is 0 Å². The van der Waals surface area contributed by atoms with Crippen LogP contribution in [0, 0.1) is 11.6 Å². The van der Waals surface area contributed by atoms with Crippen molar-refractivity contribution in [1.82, 2.24) is 9.97 Å². The number of nitrogens with zero attached hydrogens (tertiary/aromatic N) is 2. The Morgan fingerprint density at radius 2 is 1.73 bits per heavy atom. The summed E-state index contributed by atoms with van der Waals surface area (Å²) in [6.07, 6.45) is 2.87. The van der Waals surface area contributed by atoms with Gasteiger partial charge in [0.25, 0.3) is 0 Å². The summed E-state index contributed by atoms with van der Waals surface area (Å²) in [5, 5.41) is 0. The van der Waals surface area contributed by atoms with E-state index < -0.39 is 11.6 Å². The Morgan fingerprint density at radius 1 is 1.00 bits per heavy atom. The Hall–Kier alpha value is -2.04. The molecule has 2 aromatic rings. The van der Waals surface area contributed by atoms with E-state index in [1.54, 1.807) is 0 Å². The molecule has 1 aromatic heterocycles. The molecule has 3 nitrogen and oxygen atoms in total. The molecule has 2 N–H and O–H groups in total. The Bertz CT molecular complexity index is 500. The summed E-state index contributed by atoms with van der Waals surface area (Å²) < 4.78 is 25.6. The van der Waals surface area contributed by atoms with Crippen LogP contribution in [0.5, 0.6) is 0 Å². The zero-order chi connectivity index (χ0) is 10.8. The van der Waals surface area contributed by atoms with Gasteiger partial charge in [0.1, 0.15) is 11.5 Å². The van der Waals surface area contributed by atoms with Gasteiger partial charge >= 0.3 is 0 Å². The van der Waals surface area contributed by atoms with E-state index in [0.717, 1.165) is 12.1 Å². The monoisotopic (exact) mass is 207 g/mol. The number of halogens is 2. The molecule has 0 saturated carbocycles. The SMILES string of the molecule is Nc1nccnc1-c1ccc(F)c(F)c1. The first-order chi connectivity index (χ1) is 7.18. The van der Waals surface area contributed by atoms with Crippen LogP contribution in [0.25, 0.3) is 11.3 Å². The smallest absolute Gasteiger partial charge is 0.159 e. The molecule has 0 fully saturated rings. The first kappa shape index (κ1) is 9.51. The molecule has 0 saturated heterocycles. The molecule has 0 aliphatic carbocycles. The summed E-state index contributed by atoms with van der Waals surface area (Å²) in [6, 6.07) is 3.47. The van der Waals surface area contributed by atoms with Crippen LogP contribution in [0.3, 0.4) is 0 Å². The lowest BCUT2D eigenvalue weighted by Crippen LogP contribution is -1.96. The molecule has 2 rings (SSSR count). The fourth-order valence-corrected chi connectivity index (χ4v) is 1.21. The van der Waals surface area contributed by atoms with Crippen molar-refractivity contribution in [1.29, 1.82) is 0 Å². The van der Waals surface area contributed by atoms with Crippen molar-refractivity contribution in [3.05, 3.63) is 42.2 Å². The van der Waals surface area contributed by atoms with Crippen molar-refractivity contribution in [2.45, 2.75) is 0 Å². The second-order valence-electron chi connectivity index (χ2n) is 2.92. The summed E-state index contributed by atoms with van der Waals surface area (Å²) in [4.78, 5) is 7.75. The molecule has 0 amide bonds. The molecule has 1 aromatic carbocycles. The van der Waals surface area contributed by atoms with E-state index in [4.69, 9.17) is 5.73 Å². The van der Waals surface area contributed by atoms with Gasteiger partial charge in [-0.05, 0) is 18.2 Å². The lowest BCUT2D eigenvalue weighted by molar-refractivity contribution is 0.509. The van der Waals surface area contributed by atoms with Crippen LogP contribution in [-0.4, -0.2) is 9.97 Å². The molecule has 0 aliphatic rings. The number of rotatable bonds is 1. The summed E-state index contributed by atoms with van der Waals surface area (Å²) in [6.45, 7) is 0. The lowest BCUT2D eigenvalue weighted by Gasteiger charge is -2.03. The van der Waals surface area contributed by atoms with E-state index in [-0.39, 0.29) is 5.82 Å². The normalized spacial score (nSPS) is 10.3. The number of nitrogen functional groups attached to an aromatic ring is 1. The maximum Gasteiger partial charge on any atom is 0.159 e. The van der Waals surface area contributed by atoms with Gasteiger partial charge in [-0.2, -0.15) is 0 Å². The van der Waals surface area contributed by atoms with Crippen LogP contribution in [-0.2, 0) is 0 Å². The lowest BCUT2D eigenvalue weighted by atomic mass is 10.1. The van der Waals surface area contributed by atoms with Gasteiger partial charge in [0.05, 0.1) is 0 Å². The van der Waals surface area contributed by atoms with Gasteiger partial charge in [-0.1, -0.05) is 0 Å². The number of hydrogen-bond acceptors (Lipinski definition) is 3. The molecular formula is C10H7F2N3. The third-order valence-corrected chi connectivity index (χ3v) is 1.92. The van der Waals surface area contributed by atoms with Crippen LogP contribution >= 0.6 is 0 Å². The highest BCUT2D eigenvalue weighted by Crippen LogP contribution is 2.22. The van der Waals surface area contributed by atoms with Gasteiger partial charge in [-0.3, -0.25) is 4.98 Å². The second-order valence-corrected chi connectivity index (χ2v) is 2.92. The molecule has 0 aliphatic heterocycles. The van der Waals surface area contributed by atoms with E-state index in [0.29, 0.717) is 11.3 Å². The van der Waals surface area contributed by atoms with E-state index in [2.05, 4.69) is 9.97 Å². The Labute approximate surface area is 84.6 Å². The van der Waals surface area contributed by atoms with Crippen LogP contribution < -0.4 is 5.73 Å². The van der Waals surface area contributed by atoms with Crippen LogP contribution in [0.15, 0.2) is 30.6 Å². The van der Waals surface area contributed by atoms with Crippen molar-refractivity contribution < 1.29 is 8.78 Å². The number of nitrogens with two attached hydrogens (primary N) is 1. The third-order valence-electron chi connectivity index (χ3n) is 1.92. The quantitative estimate of drug-likeness (QED) is 0.778. The van der Waals surface area contributed by atoms with Gasteiger partial charge in [-0.25, -0.2) is 13.8 Å². The third kappa shape index (κ3) is 1.76. The number of aromatic nitrogens is 2. The summed E-state index contributed by atoms with van der Waals surface area (Å²) in [5.74, 6) is -1.65. The molecule has 0 unspecified atom stereocenters. The Kier molecular flexibility index (Phi) is 2.29. The van der Waals surface area contributed by atoms with Gasteiger partial charge < -0.3 is 5.73 Å². The molecule has 1 heterocycles. The van der Waals surface area contributed by atoms with E-state index in [9.17, 15) is 8.78 Å². The molecule has 15 heavy (non-hydrogen) atoms. The molecule has 5 heteroatoms. The van der Waals surface area contributed by atoms with Crippen LogP contribution in [0.2, 0.25) is 0 Å². The number of anilines is 1. The summed E-state index contributed by atoms with van der Waals surface area (Å²) in [7, 11) is 0. The fourth-order valence-electron chi connectivity index (χ4n) is 1.21. The second kappa shape index (κ2) is 3.61. The van der Waals surface area contributed by atoms with Crippen LogP contribution in [0.4, 0.5) is 14.6 Å². The van der Waals surface area contributed by atoms with Gasteiger partial charge in [-0.15, -0.1) is 0 Å². The molecule has 0 atom stereocenters. The Balaban J connectivity index is 2.55. The van der Waals surface area contributed by atoms with Crippen molar-refractivity contribution in [3.8, 4) is 11.3 Å². The maximum absolute atomic E-state index is 12.9. The molecule has 76 valence electrons. The highest BCUT2D eigenvalue weighted by atomic mass is 19.2. The van der Waals surface area contributed by atoms with Gasteiger partial charge in [0, 0.05) is 18.0 Å². The van der Waals surface area contributed by atoms with E-state index in [1.807, 2.05) is 0 Å². The minimum absolute atomic E-state index is 0.184. The number of benzene rings is 1. The average Bonchev–Trinajstić information content (AvgIpc) is 2.23. The summed E-state index contributed by atoms with van der Waals surface area (Å²) in [5.41, 5.74) is 6.30.